The molecule has 1 aliphatic heterocycles. The third kappa shape index (κ3) is 1.30. The summed E-state index contributed by atoms with van der Waals surface area (Å²) in [6.07, 6.45) is 3.10. The van der Waals surface area contributed by atoms with Crippen LogP contribution in [0.5, 0.6) is 11.5 Å². The summed E-state index contributed by atoms with van der Waals surface area (Å²) >= 11 is 0. The second-order valence-electron chi connectivity index (χ2n) is 4.17. The smallest absolute Gasteiger partial charge is 0.412 e. The molecule has 2 rings (SSSR count). The number of pyridine rings is 1. The van der Waals surface area contributed by atoms with E-state index in [4.69, 9.17) is 9.05 Å². The van der Waals surface area contributed by atoms with Crippen LogP contribution in [0.15, 0.2) is 18.5 Å². The first-order valence-electron chi connectivity index (χ1n) is 4.36. The molecule has 0 saturated heterocycles. The molecule has 0 N–H and O–H groups in total. The summed E-state index contributed by atoms with van der Waals surface area (Å²) in [6.45, 7) is 5.48. The first-order valence-corrected chi connectivity index (χ1v) is 5.90. The van der Waals surface area contributed by atoms with Gasteiger partial charge in [0.05, 0.1) is 11.4 Å². The molecule has 0 spiro atoms. The molecule has 0 saturated carbocycles. The SMILES string of the molecule is CC(C)(C)P1(=O)Oc2ccncc2O1. The van der Waals surface area contributed by atoms with Gasteiger partial charge in [-0.3, -0.25) is 4.98 Å². The number of fused-ring (bicyclic) bond motifs is 1. The molecule has 1 unspecified atom stereocenters. The van der Waals surface area contributed by atoms with E-state index in [2.05, 4.69) is 4.98 Å². The van der Waals surface area contributed by atoms with Gasteiger partial charge in [-0.15, -0.1) is 0 Å². The Balaban J connectivity index is 2.40. The summed E-state index contributed by atoms with van der Waals surface area (Å²) in [4.78, 5) is 3.88. The Labute approximate surface area is 82.8 Å². The molecular weight excluding hydrogens is 201 g/mol. The van der Waals surface area contributed by atoms with Crippen molar-refractivity contribution in [1.29, 1.82) is 0 Å². The van der Waals surface area contributed by atoms with Crippen LogP contribution >= 0.6 is 7.60 Å². The third-order valence-corrected chi connectivity index (χ3v) is 4.52. The quantitative estimate of drug-likeness (QED) is 0.621. The van der Waals surface area contributed by atoms with Crippen molar-refractivity contribution in [3.63, 3.8) is 0 Å². The Kier molecular flexibility index (Phi) is 1.86. The van der Waals surface area contributed by atoms with Crippen LogP contribution in [0.2, 0.25) is 0 Å². The van der Waals surface area contributed by atoms with Gasteiger partial charge in [0.25, 0.3) is 0 Å². The van der Waals surface area contributed by atoms with Crippen LogP contribution < -0.4 is 9.05 Å². The van der Waals surface area contributed by atoms with E-state index in [1.54, 1.807) is 12.3 Å². The number of rotatable bonds is 0. The summed E-state index contributed by atoms with van der Waals surface area (Å²) in [6, 6.07) is 1.65. The Morgan fingerprint density at radius 1 is 1.29 bits per heavy atom. The lowest BCUT2D eigenvalue weighted by atomic mass is 10.3. The van der Waals surface area contributed by atoms with Gasteiger partial charge in [-0.2, -0.15) is 0 Å². The molecule has 1 aliphatic rings. The fraction of sp³-hybridized carbons (Fsp3) is 0.444. The van der Waals surface area contributed by atoms with E-state index in [1.165, 1.54) is 6.20 Å². The minimum absolute atomic E-state index is 0.464. The predicted molar refractivity (Wildman–Crippen MR) is 52.9 cm³/mol. The lowest BCUT2D eigenvalue weighted by Gasteiger charge is -2.23. The number of nitrogens with zero attached hydrogens (tertiary/aromatic N) is 1. The molecule has 1 aromatic rings. The number of hydrogen-bond acceptors (Lipinski definition) is 4. The van der Waals surface area contributed by atoms with E-state index < -0.39 is 12.8 Å². The van der Waals surface area contributed by atoms with Gasteiger partial charge in [-0.1, -0.05) is 0 Å². The maximum absolute atomic E-state index is 12.2. The van der Waals surface area contributed by atoms with E-state index in [-0.39, 0.29) is 0 Å². The number of hydrogen-bond donors (Lipinski definition) is 0. The first kappa shape index (κ1) is 9.53. The van der Waals surface area contributed by atoms with E-state index >= 15 is 0 Å². The average molecular weight is 213 g/mol. The third-order valence-electron chi connectivity index (χ3n) is 2.01. The van der Waals surface area contributed by atoms with Crippen LogP contribution in [0.1, 0.15) is 20.8 Å². The molecule has 0 fully saturated rings. The Bertz CT molecular complexity index is 382. The Hall–Kier alpha value is -1.02. The van der Waals surface area contributed by atoms with Crippen molar-refractivity contribution in [3.05, 3.63) is 18.5 Å². The fourth-order valence-electron chi connectivity index (χ4n) is 1.06. The molecule has 14 heavy (non-hydrogen) atoms. The summed E-state index contributed by atoms with van der Waals surface area (Å²) < 4.78 is 22.9. The number of aromatic nitrogens is 1. The van der Waals surface area contributed by atoms with Crippen LogP contribution in [0.25, 0.3) is 0 Å². The molecule has 0 radical (unpaired) electrons. The molecule has 1 aromatic heterocycles. The minimum atomic E-state index is -3.08. The van der Waals surface area contributed by atoms with Crippen LogP contribution in [0.4, 0.5) is 0 Å². The molecule has 4 nitrogen and oxygen atoms in total. The molecule has 76 valence electrons. The molecular formula is C9H12NO3P. The topological polar surface area (TPSA) is 48.4 Å². The van der Waals surface area contributed by atoms with E-state index in [0.29, 0.717) is 11.5 Å². The van der Waals surface area contributed by atoms with Gasteiger partial charge in [0, 0.05) is 12.3 Å². The van der Waals surface area contributed by atoms with Crippen molar-refractivity contribution < 1.29 is 13.6 Å². The maximum atomic E-state index is 12.2. The highest BCUT2D eigenvalue weighted by molar-refractivity contribution is 7.56. The second kappa shape index (κ2) is 2.74. The van der Waals surface area contributed by atoms with E-state index in [0.717, 1.165) is 0 Å². The van der Waals surface area contributed by atoms with Crippen LogP contribution in [-0.4, -0.2) is 10.1 Å². The Morgan fingerprint density at radius 3 is 2.50 bits per heavy atom. The van der Waals surface area contributed by atoms with Gasteiger partial charge in [0.15, 0.2) is 11.5 Å². The zero-order chi connectivity index (χ0) is 10.4. The van der Waals surface area contributed by atoms with Crippen LogP contribution in [-0.2, 0) is 4.57 Å². The van der Waals surface area contributed by atoms with Crippen molar-refractivity contribution in [2.75, 3.05) is 0 Å². The summed E-state index contributed by atoms with van der Waals surface area (Å²) in [5, 5.41) is -0.522. The highest BCUT2D eigenvalue weighted by Gasteiger charge is 2.47. The van der Waals surface area contributed by atoms with E-state index in [1.807, 2.05) is 20.8 Å². The molecule has 0 bridgehead atoms. The molecule has 1 atom stereocenters. The van der Waals surface area contributed by atoms with Gasteiger partial charge in [-0.25, -0.2) is 4.57 Å². The lowest BCUT2D eigenvalue weighted by Crippen LogP contribution is -2.19. The predicted octanol–water partition coefficient (Wildman–Crippen LogP) is 2.84. The summed E-state index contributed by atoms with van der Waals surface area (Å²) in [7, 11) is -3.08. The van der Waals surface area contributed by atoms with E-state index in [9.17, 15) is 4.57 Å². The minimum Gasteiger partial charge on any atom is -0.412 e. The normalized spacial score (nSPS) is 25.1. The first-order chi connectivity index (χ1) is 6.42. The monoisotopic (exact) mass is 213 g/mol. The zero-order valence-electron chi connectivity index (χ0n) is 8.35. The van der Waals surface area contributed by atoms with Gasteiger partial charge >= 0.3 is 7.60 Å². The lowest BCUT2D eigenvalue weighted by molar-refractivity contribution is 0.396. The van der Waals surface area contributed by atoms with Gasteiger partial charge in [-0.05, 0) is 20.8 Å². The van der Waals surface area contributed by atoms with Crippen molar-refractivity contribution in [2.24, 2.45) is 0 Å². The second-order valence-corrected chi connectivity index (χ2v) is 6.87. The highest BCUT2D eigenvalue weighted by Crippen LogP contribution is 2.65. The van der Waals surface area contributed by atoms with Crippen LogP contribution in [0, 0.1) is 0 Å². The molecule has 0 aromatic carbocycles. The Morgan fingerprint density at radius 2 is 1.93 bits per heavy atom. The van der Waals surface area contributed by atoms with Crippen molar-refractivity contribution in [2.45, 2.75) is 25.9 Å². The van der Waals surface area contributed by atoms with Crippen molar-refractivity contribution >= 4 is 7.60 Å². The summed E-state index contributed by atoms with van der Waals surface area (Å²) in [5.74, 6) is 0.976. The fourth-order valence-corrected chi connectivity index (χ4v) is 2.45. The maximum Gasteiger partial charge on any atom is 0.436 e. The van der Waals surface area contributed by atoms with Crippen molar-refractivity contribution in [1.82, 2.24) is 4.98 Å². The molecule has 5 heteroatoms. The average Bonchev–Trinajstić information content (AvgIpc) is 2.40. The van der Waals surface area contributed by atoms with Crippen LogP contribution in [0.3, 0.4) is 0 Å². The summed E-state index contributed by atoms with van der Waals surface area (Å²) in [5.41, 5.74) is 0. The van der Waals surface area contributed by atoms with Gasteiger partial charge in [0.2, 0.25) is 0 Å². The molecule has 0 aliphatic carbocycles. The zero-order valence-corrected chi connectivity index (χ0v) is 9.25. The molecule has 0 amide bonds. The molecule has 2 heterocycles. The van der Waals surface area contributed by atoms with Gasteiger partial charge < -0.3 is 9.05 Å². The standard InChI is InChI=1S/C9H12NO3P/c1-9(2,3)14(11)12-7-4-5-10-6-8(7)13-14/h4-6H,1-3H3. The largest absolute Gasteiger partial charge is 0.436 e. The highest BCUT2D eigenvalue weighted by atomic mass is 31.2. The van der Waals surface area contributed by atoms with Crippen molar-refractivity contribution in [3.8, 4) is 11.5 Å². The van der Waals surface area contributed by atoms with Gasteiger partial charge in [0.1, 0.15) is 0 Å².